The standard InChI is InChI=1S/C17H12F2O5S/c18-17(19,25-24-23-21)16(20)22-10-11-5-6-14-8-12-3-1-2-4-13(12)9-15(14)7-11/h1-9,21H,10H2/p-1. The number of hydrogen-bond acceptors (Lipinski definition) is 6. The fourth-order valence-electron chi connectivity index (χ4n) is 2.40. The highest BCUT2D eigenvalue weighted by molar-refractivity contribution is 7.96. The molecule has 25 heavy (non-hydrogen) atoms. The Balaban J connectivity index is 1.75. The van der Waals surface area contributed by atoms with E-state index >= 15 is 0 Å². The molecule has 0 atom stereocenters. The number of rotatable bonds is 6. The maximum Gasteiger partial charge on any atom is 0.415 e. The van der Waals surface area contributed by atoms with Crippen LogP contribution in [0.2, 0.25) is 0 Å². The van der Waals surface area contributed by atoms with Gasteiger partial charge in [-0.2, -0.15) is 13.1 Å². The van der Waals surface area contributed by atoms with Crippen LogP contribution in [0.1, 0.15) is 5.56 Å². The molecule has 0 saturated carbocycles. The molecular weight excluding hydrogens is 354 g/mol. The molecule has 8 heteroatoms. The summed E-state index contributed by atoms with van der Waals surface area (Å²) in [5, 5.41) is 12.3. The average Bonchev–Trinajstić information content (AvgIpc) is 2.62. The lowest BCUT2D eigenvalue weighted by Gasteiger charge is -2.14. The largest absolute Gasteiger partial charge is 0.691 e. The molecule has 0 unspecified atom stereocenters. The number of benzene rings is 3. The van der Waals surface area contributed by atoms with E-state index in [1.807, 2.05) is 42.5 Å². The molecule has 0 spiro atoms. The molecule has 0 aliphatic heterocycles. The van der Waals surface area contributed by atoms with Crippen LogP contribution in [0.5, 0.6) is 0 Å². The number of alkyl halides is 2. The smallest absolute Gasteiger partial charge is 0.415 e. The lowest BCUT2D eigenvalue weighted by molar-refractivity contribution is -0.777. The third kappa shape index (κ3) is 4.05. The number of carbonyl (C=O) groups is 1. The SMILES string of the molecule is O=C(OCc1ccc2cc3ccccc3cc2c1)C(F)(F)SOO[O-]. The highest BCUT2D eigenvalue weighted by Gasteiger charge is 2.43. The monoisotopic (exact) mass is 365 g/mol. The Morgan fingerprint density at radius 1 is 1.00 bits per heavy atom. The second-order valence-electron chi connectivity index (χ2n) is 5.19. The van der Waals surface area contributed by atoms with Gasteiger partial charge in [-0.15, -0.1) is 0 Å². The zero-order valence-electron chi connectivity index (χ0n) is 12.6. The van der Waals surface area contributed by atoms with E-state index in [-0.39, 0.29) is 6.61 Å². The van der Waals surface area contributed by atoms with E-state index in [0.717, 1.165) is 21.5 Å². The van der Waals surface area contributed by atoms with E-state index in [2.05, 4.69) is 14.1 Å². The van der Waals surface area contributed by atoms with E-state index in [1.54, 1.807) is 12.1 Å². The molecule has 3 aromatic carbocycles. The summed E-state index contributed by atoms with van der Waals surface area (Å²) in [6, 6.07) is 17.1. The number of hydrogen-bond donors (Lipinski definition) is 0. The number of fused-ring (bicyclic) bond motifs is 2. The Labute approximate surface area is 145 Å². The molecular formula is C17H11F2O5S-. The van der Waals surface area contributed by atoms with Gasteiger partial charge < -0.3 is 9.99 Å². The minimum absolute atomic E-state index is 0.337. The molecule has 0 aromatic heterocycles. The Bertz CT molecular complexity index is 916. The Hall–Kier alpha value is -2.26. The first kappa shape index (κ1) is 17.6. The van der Waals surface area contributed by atoms with Gasteiger partial charge in [0, 0.05) is 0 Å². The van der Waals surface area contributed by atoms with Gasteiger partial charge in [-0.05, 0) is 45.3 Å². The number of halogens is 2. The summed E-state index contributed by atoms with van der Waals surface area (Å²) >= 11 is -0.717. The lowest BCUT2D eigenvalue weighted by Crippen LogP contribution is -2.27. The van der Waals surface area contributed by atoms with Gasteiger partial charge in [0.1, 0.15) is 18.6 Å². The number of ether oxygens (including phenoxy) is 1. The summed E-state index contributed by atoms with van der Waals surface area (Å²) in [5.74, 6) is -1.83. The van der Waals surface area contributed by atoms with Crippen LogP contribution in [0.4, 0.5) is 8.78 Å². The van der Waals surface area contributed by atoms with Crippen LogP contribution in [-0.2, 0) is 25.5 Å². The highest BCUT2D eigenvalue weighted by atomic mass is 32.2. The van der Waals surface area contributed by atoms with E-state index < -0.39 is 23.3 Å². The Morgan fingerprint density at radius 3 is 2.32 bits per heavy atom. The van der Waals surface area contributed by atoms with Crippen LogP contribution in [0.3, 0.4) is 0 Å². The van der Waals surface area contributed by atoms with E-state index in [0.29, 0.717) is 5.56 Å². The molecule has 0 aliphatic rings. The predicted octanol–water partition coefficient (Wildman–Crippen LogP) is 3.50. The van der Waals surface area contributed by atoms with Gasteiger partial charge in [-0.3, -0.25) is 5.04 Å². The van der Waals surface area contributed by atoms with Crippen molar-refractivity contribution in [2.75, 3.05) is 0 Å². The first-order chi connectivity index (χ1) is 12.0. The first-order valence-electron chi connectivity index (χ1n) is 7.10. The zero-order chi connectivity index (χ0) is 17.9. The number of carbonyl (C=O) groups excluding carboxylic acids is 1. The van der Waals surface area contributed by atoms with Crippen LogP contribution in [0, 0.1) is 0 Å². The van der Waals surface area contributed by atoms with Gasteiger partial charge in [0.15, 0.2) is 0 Å². The number of esters is 1. The maximum absolute atomic E-state index is 13.3. The second kappa shape index (κ2) is 7.32. The van der Waals surface area contributed by atoms with Crippen molar-refractivity contribution in [1.82, 2.24) is 0 Å². The Morgan fingerprint density at radius 2 is 1.64 bits per heavy atom. The van der Waals surface area contributed by atoms with Gasteiger partial charge in [-0.25, -0.2) is 4.79 Å². The summed E-state index contributed by atoms with van der Waals surface area (Å²) in [5.41, 5.74) is 0.554. The molecule has 0 aliphatic carbocycles. The fraction of sp³-hybridized carbons (Fsp3) is 0.118. The van der Waals surface area contributed by atoms with E-state index in [1.165, 1.54) is 0 Å². The molecule has 0 amide bonds. The quantitative estimate of drug-likeness (QED) is 0.219. The van der Waals surface area contributed by atoms with Gasteiger partial charge in [-0.1, -0.05) is 36.4 Å². The normalized spacial score (nSPS) is 11.8. The minimum Gasteiger partial charge on any atom is -0.691 e. The van der Waals surface area contributed by atoms with E-state index in [4.69, 9.17) is 0 Å². The van der Waals surface area contributed by atoms with Crippen molar-refractivity contribution in [3.63, 3.8) is 0 Å². The summed E-state index contributed by atoms with van der Waals surface area (Å²) in [4.78, 5) is 11.4. The minimum atomic E-state index is -4.04. The van der Waals surface area contributed by atoms with Crippen molar-refractivity contribution in [1.29, 1.82) is 0 Å². The zero-order valence-corrected chi connectivity index (χ0v) is 13.4. The third-order valence-electron chi connectivity index (χ3n) is 3.54. The summed E-state index contributed by atoms with van der Waals surface area (Å²) in [6.45, 7) is -0.337. The van der Waals surface area contributed by atoms with E-state index in [9.17, 15) is 18.8 Å². The lowest BCUT2D eigenvalue weighted by atomic mass is 10.0. The molecule has 0 N–H and O–H groups in total. The van der Waals surface area contributed by atoms with Crippen molar-refractivity contribution in [2.45, 2.75) is 11.9 Å². The molecule has 0 radical (unpaired) electrons. The van der Waals surface area contributed by atoms with Crippen LogP contribution < -0.4 is 5.26 Å². The molecule has 3 rings (SSSR count). The average molecular weight is 365 g/mol. The summed E-state index contributed by atoms with van der Waals surface area (Å²) in [7, 11) is 0. The molecule has 3 aromatic rings. The first-order valence-corrected chi connectivity index (χ1v) is 7.84. The van der Waals surface area contributed by atoms with Gasteiger partial charge in [0.05, 0.1) is 0 Å². The molecule has 0 bridgehead atoms. The van der Waals surface area contributed by atoms with Gasteiger partial charge in [0.2, 0.25) is 0 Å². The molecule has 5 nitrogen and oxygen atoms in total. The Kier molecular flexibility index (Phi) is 5.14. The summed E-state index contributed by atoms with van der Waals surface area (Å²) < 4.78 is 34.6. The predicted molar refractivity (Wildman–Crippen MR) is 86.0 cm³/mol. The van der Waals surface area contributed by atoms with Gasteiger partial charge in [0.25, 0.3) is 0 Å². The molecule has 130 valence electrons. The van der Waals surface area contributed by atoms with Gasteiger partial charge >= 0.3 is 11.2 Å². The highest BCUT2D eigenvalue weighted by Crippen LogP contribution is 2.31. The molecule has 0 heterocycles. The van der Waals surface area contributed by atoms with Crippen LogP contribution >= 0.6 is 12.0 Å². The second-order valence-corrected chi connectivity index (χ2v) is 6.01. The van der Waals surface area contributed by atoms with Crippen molar-refractivity contribution < 1.29 is 32.9 Å². The topological polar surface area (TPSA) is 67.8 Å². The van der Waals surface area contributed by atoms with Crippen LogP contribution in [0.15, 0.2) is 54.6 Å². The van der Waals surface area contributed by atoms with Crippen LogP contribution in [0.25, 0.3) is 21.5 Å². The third-order valence-corrected chi connectivity index (χ3v) is 4.04. The maximum atomic E-state index is 13.3. The molecule has 0 saturated heterocycles. The van der Waals surface area contributed by atoms with Crippen molar-refractivity contribution >= 4 is 39.6 Å². The van der Waals surface area contributed by atoms with Crippen LogP contribution in [-0.4, -0.2) is 11.2 Å². The van der Waals surface area contributed by atoms with Crippen molar-refractivity contribution in [3.8, 4) is 0 Å². The van der Waals surface area contributed by atoms with Crippen molar-refractivity contribution in [2.24, 2.45) is 0 Å². The fourth-order valence-corrected chi connectivity index (χ4v) is 2.64. The van der Waals surface area contributed by atoms with Crippen molar-refractivity contribution in [3.05, 3.63) is 60.2 Å². The molecule has 0 fully saturated rings. The summed E-state index contributed by atoms with van der Waals surface area (Å²) in [6.07, 6.45) is 0.